The Kier molecular flexibility index (Phi) is 3.61. The van der Waals surface area contributed by atoms with Crippen LogP contribution in [0.1, 0.15) is 18.1 Å². The molecule has 2 aromatic rings. The van der Waals surface area contributed by atoms with Gasteiger partial charge in [0, 0.05) is 25.6 Å². The topological polar surface area (TPSA) is 26.0 Å². The van der Waals surface area contributed by atoms with Crippen LogP contribution in [0.2, 0.25) is 0 Å². The van der Waals surface area contributed by atoms with E-state index in [1.54, 1.807) is 0 Å². The first-order valence-corrected chi connectivity index (χ1v) is 8.10. The third kappa shape index (κ3) is 2.69. The molecule has 0 fully saturated rings. The van der Waals surface area contributed by atoms with E-state index in [9.17, 15) is 0 Å². The molecule has 0 aliphatic carbocycles. The van der Waals surface area contributed by atoms with Gasteiger partial charge >= 0.3 is 0 Å². The average molecular weight is 287 g/mol. The van der Waals surface area contributed by atoms with E-state index in [0.29, 0.717) is 0 Å². The minimum Gasteiger partial charge on any atom is -0.328 e. The quantitative estimate of drug-likeness (QED) is 0.751. The molecule has 1 heterocycles. The molecule has 0 saturated heterocycles. The highest BCUT2D eigenvalue weighted by molar-refractivity contribution is 8.05. The predicted octanol–water partition coefficient (Wildman–Crippen LogP) is 4.50. The maximum atomic E-state index is 5.96. The normalized spacial score (nSPS) is 14.7. The van der Waals surface area contributed by atoms with Gasteiger partial charge in [-0.25, -0.2) is 0 Å². The SMILES string of the molecule is Cc1ccc2c(c1)Sc1cccc(C[C@@H](C)N)c1S2. The van der Waals surface area contributed by atoms with Gasteiger partial charge in [-0.2, -0.15) is 0 Å². The molecule has 1 nitrogen and oxygen atoms in total. The number of hydrogen-bond donors (Lipinski definition) is 1. The van der Waals surface area contributed by atoms with Crippen molar-refractivity contribution >= 4 is 23.5 Å². The fourth-order valence-corrected chi connectivity index (χ4v) is 4.76. The zero-order chi connectivity index (χ0) is 13.4. The summed E-state index contributed by atoms with van der Waals surface area (Å²) in [6.45, 7) is 4.21. The van der Waals surface area contributed by atoms with Crippen LogP contribution in [-0.2, 0) is 6.42 Å². The highest BCUT2D eigenvalue weighted by atomic mass is 32.2. The summed E-state index contributed by atoms with van der Waals surface area (Å²) in [6.07, 6.45) is 0.942. The molecule has 1 aliphatic rings. The standard InChI is InChI=1S/C16H17NS2/c1-10-6-7-13-15(8-10)18-14-5-3-4-12(9-11(2)17)16(14)19-13/h3-8,11H,9,17H2,1-2H3/t11-/m1/s1. The molecular formula is C16H17NS2. The molecule has 3 rings (SSSR count). The maximum absolute atomic E-state index is 5.96. The van der Waals surface area contributed by atoms with E-state index in [-0.39, 0.29) is 6.04 Å². The Labute approximate surface area is 123 Å². The van der Waals surface area contributed by atoms with E-state index >= 15 is 0 Å². The van der Waals surface area contributed by atoms with Gasteiger partial charge in [0.25, 0.3) is 0 Å². The molecule has 19 heavy (non-hydrogen) atoms. The number of hydrogen-bond acceptors (Lipinski definition) is 3. The van der Waals surface area contributed by atoms with E-state index in [4.69, 9.17) is 5.73 Å². The average Bonchev–Trinajstić information content (AvgIpc) is 2.36. The Morgan fingerprint density at radius 2 is 1.89 bits per heavy atom. The molecule has 0 aromatic heterocycles. The Hall–Kier alpha value is -0.900. The van der Waals surface area contributed by atoms with Gasteiger partial charge in [-0.3, -0.25) is 0 Å². The van der Waals surface area contributed by atoms with Crippen LogP contribution in [0, 0.1) is 6.92 Å². The van der Waals surface area contributed by atoms with Gasteiger partial charge in [0.15, 0.2) is 0 Å². The molecule has 0 amide bonds. The summed E-state index contributed by atoms with van der Waals surface area (Å²) in [6, 6.07) is 13.5. The summed E-state index contributed by atoms with van der Waals surface area (Å²) in [7, 11) is 0. The van der Waals surface area contributed by atoms with Crippen LogP contribution in [0.5, 0.6) is 0 Å². The third-order valence-electron chi connectivity index (χ3n) is 3.13. The van der Waals surface area contributed by atoms with Gasteiger partial charge in [-0.15, -0.1) is 0 Å². The zero-order valence-electron chi connectivity index (χ0n) is 11.1. The second-order valence-electron chi connectivity index (χ2n) is 5.08. The lowest BCUT2D eigenvalue weighted by molar-refractivity contribution is 0.725. The van der Waals surface area contributed by atoms with Gasteiger partial charge in [0.1, 0.15) is 0 Å². The van der Waals surface area contributed by atoms with Gasteiger partial charge < -0.3 is 5.73 Å². The minimum absolute atomic E-state index is 0.205. The highest BCUT2D eigenvalue weighted by Gasteiger charge is 2.19. The van der Waals surface area contributed by atoms with E-state index in [1.165, 1.54) is 30.7 Å². The molecule has 0 bridgehead atoms. The highest BCUT2D eigenvalue weighted by Crippen LogP contribution is 2.49. The van der Waals surface area contributed by atoms with E-state index in [0.717, 1.165) is 6.42 Å². The van der Waals surface area contributed by atoms with Crippen molar-refractivity contribution in [2.45, 2.75) is 45.9 Å². The lowest BCUT2D eigenvalue weighted by Gasteiger charge is -2.22. The van der Waals surface area contributed by atoms with Crippen molar-refractivity contribution in [1.29, 1.82) is 0 Å². The summed E-state index contributed by atoms with van der Waals surface area (Å²) in [5.41, 5.74) is 8.65. The summed E-state index contributed by atoms with van der Waals surface area (Å²) >= 11 is 3.76. The van der Waals surface area contributed by atoms with Crippen LogP contribution >= 0.6 is 23.5 Å². The molecule has 0 spiro atoms. The number of benzene rings is 2. The number of fused-ring (bicyclic) bond motifs is 2. The first kappa shape index (κ1) is 13.1. The first-order valence-electron chi connectivity index (χ1n) is 6.47. The van der Waals surface area contributed by atoms with Crippen LogP contribution < -0.4 is 5.73 Å². The monoisotopic (exact) mass is 287 g/mol. The molecule has 1 atom stereocenters. The second-order valence-corrected chi connectivity index (χ2v) is 7.22. The molecule has 0 unspecified atom stereocenters. The first-order chi connectivity index (χ1) is 9.13. The van der Waals surface area contributed by atoms with Crippen molar-refractivity contribution in [3.8, 4) is 0 Å². The number of nitrogens with two attached hydrogens (primary N) is 1. The van der Waals surface area contributed by atoms with Crippen molar-refractivity contribution in [3.63, 3.8) is 0 Å². The maximum Gasteiger partial charge on any atom is 0.0295 e. The second kappa shape index (κ2) is 5.23. The summed E-state index contributed by atoms with van der Waals surface area (Å²) in [5, 5.41) is 0. The predicted molar refractivity (Wildman–Crippen MR) is 83.2 cm³/mol. The zero-order valence-corrected chi connectivity index (χ0v) is 12.8. The summed E-state index contributed by atoms with van der Waals surface area (Å²) in [4.78, 5) is 5.48. The van der Waals surface area contributed by atoms with Gasteiger partial charge in [0.05, 0.1) is 0 Å². The lowest BCUT2D eigenvalue weighted by Crippen LogP contribution is -2.18. The molecule has 0 radical (unpaired) electrons. The van der Waals surface area contributed by atoms with E-state index in [2.05, 4.69) is 50.2 Å². The fourth-order valence-electron chi connectivity index (χ4n) is 2.27. The van der Waals surface area contributed by atoms with Crippen molar-refractivity contribution < 1.29 is 0 Å². The lowest BCUT2D eigenvalue weighted by atomic mass is 10.1. The fraction of sp³-hybridized carbons (Fsp3) is 0.250. The molecular weight excluding hydrogens is 270 g/mol. The van der Waals surface area contributed by atoms with Gasteiger partial charge in [-0.05, 0) is 49.6 Å². The van der Waals surface area contributed by atoms with Crippen molar-refractivity contribution in [2.75, 3.05) is 0 Å². The Morgan fingerprint density at radius 3 is 2.68 bits per heavy atom. The number of aryl methyl sites for hydroxylation is 1. The molecule has 0 saturated carbocycles. The van der Waals surface area contributed by atoms with Crippen LogP contribution in [0.4, 0.5) is 0 Å². The molecule has 2 aromatic carbocycles. The van der Waals surface area contributed by atoms with Gasteiger partial charge in [0.2, 0.25) is 0 Å². The van der Waals surface area contributed by atoms with Crippen LogP contribution in [-0.4, -0.2) is 6.04 Å². The molecule has 1 aliphatic heterocycles. The Balaban J connectivity index is 2.02. The van der Waals surface area contributed by atoms with Gasteiger partial charge in [-0.1, -0.05) is 41.7 Å². The smallest absolute Gasteiger partial charge is 0.0295 e. The van der Waals surface area contributed by atoms with E-state index < -0.39 is 0 Å². The van der Waals surface area contributed by atoms with Crippen LogP contribution in [0.3, 0.4) is 0 Å². The van der Waals surface area contributed by atoms with Crippen molar-refractivity contribution in [1.82, 2.24) is 0 Å². The number of rotatable bonds is 2. The Bertz CT molecular complexity index is 620. The van der Waals surface area contributed by atoms with Crippen molar-refractivity contribution in [2.24, 2.45) is 5.73 Å². The molecule has 2 N–H and O–H groups in total. The molecule has 98 valence electrons. The third-order valence-corrected chi connectivity index (χ3v) is 5.77. The summed E-state index contributed by atoms with van der Waals surface area (Å²) < 4.78 is 0. The largest absolute Gasteiger partial charge is 0.328 e. The molecule has 3 heteroatoms. The summed E-state index contributed by atoms with van der Waals surface area (Å²) in [5.74, 6) is 0. The van der Waals surface area contributed by atoms with Crippen LogP contribution in [0.15, 0.2) is 56.0 Å². The minimum atomic E-state index is 0.205. The Morgan fingerprint density at radius 1 is 1.05 bits per heavy atom. The van der Waals surface area contributed by atoms with Crippen molar-refractivity contribution in [3.05, 3.63) is 47.5 Å². The van der Waals surface area contributed by atoms with Crippen LogP contribution in [0.25, 0.3) is 0 Å². The van der Waals surface area contributed by atoms with E-state index in [1.807, 2.05) is 23.5 Å².